The molecule has 0 aliphatic carbocycles. The summed E-state index contributed by atoms with van der Waals surface area (Å²) in [6.45, 7) is 9.35. The van der Waals surface area contributed by atoms with Crippen LogP contribution in [0.15, 0.2) is 48.5 Å². The summed E-state index contributed by atoms with van der Waals surface area (Å²) in [7, 11) is 0. The topological polar surface area (TPSA) is 0 Å². The van der Waals surface area contributed by atoms with Crippen LogP contribution in [0.1, 0.15) is 91.4 Å². The average molecular weight is 521 g/mol. The Morgan fingerprint density at radius 1 is 0.471 bits per heavy atom. The Labute approximate surface area is 220 Å². The number of hydrogen-bond donors (Lipinski definition) is 0. The minimum atomic E-state index is 0.483. The molecule has 5 rings (SSSR count). The second-order valence-electron chi connectivity index (χ2n) is 9.99. The first-order valence-electron chi connectivity index (χ1n) is 12.2. The maximum atomic E-state index is 2.35. The Kier molecular flexibility index (Phi) is 7.41. The standard InChI is InChI=1S/C30H32S4/c1-19(2)17-25-27-13-9-21(31-27)5-7-23-11-15-29(33-23)26(18-20(3)4)30-16-12-24(34-30)8-6-22-10-14-28(25)32-22/h5-16,19-20,25-26H,17-18H2,1-4H3/b7-5-,8-6-. The van der Waals surface area contributed by atoms with Gasteiger partial charge >= 0.3 is 0 Å². The van der Waals surface area contributed by atoms with Crippen molar-refractivity contribution in [3.8, 4) is 0 Å². The van der Waals surface area contributed by atoms with Crippen molar-refractivity contribution in [3.05, 3.63) is 87.5 Å². The molecule has 0 unspecified atom stereocenters. The number of hydrogen-bond acceptors (Lipinski definition) is 4. The Balaban J connectivity index is 1.58. The Hall–Kier alpha value is -1.72. The Morgan fingerprint density at radius 2 is 0.735 bits per heavy atom. The number of thiophene rings is 4. The van der Waals surface area contributed by atoms with Gasteiger partial charge in [0, 0.05) is 50.9 Å². The lowest BCUT2D eigenvalue weighted by Gasteiger charge is -2.16. The van der Waals surface area contributed by atoms with Crippen molar-refractivity contribution in [2.45, 2.75) is 52.4 Å². The van der Waals surface area contributed by atoms with E-state index in [4.69, 9.17) is 0 Å². The summed E-state index contributed by atoms with van der Waals surface area (Å²) in [4.78, 5) is 11.3. The molecule has 0 amide bonds. The summed E-state index contributed by atoms with van der Waals surface area (Å²) in [5.74, 6) is 2.30. The van der Waals surface area contributed by atoms with E-state index in [1.165, 1.54) is 51.9 Å². The quantitative estimate of drug-likeness (QED) is 0.251. The van der Waals surface area contributed by atoms with Crippen LogP contribution in [0.2, 0.25) is 0 Å². The Bertz CT molecular complexity index is 1100. The molecule has 176 valence electrons. The second-order valence-corrected chi connectivity index (χ2v) is 14.6. The smallest absolute Gasteiger partial charge is 0.0280 e. The van der Waals surface area contributed by atoms with Gasteiger partial charge in [-0.3, -0.25) is 0 Å². The summed E-state index contributed by atoms with van der Waals surface area (Å²) in [6, 6.07) is 18.6. The van der Waals surface area contributed by atoms with E-state index in [0.717, 1.165) is 0 Å². The zero-order valence-corrected chi connectivity index (χ0v) is 23.6. The van der Waals surface area contributed by atoms with Crippen LogP contribution in [0.5, 0.6) is 0 Å². The van der Waals surface area contributed by atoms with E-state index in [9.17, 15) is 0 Å². The van der Waals surface area contributed by atoms with Crippen LogP contribution < -0.4 is 0 Å². The molecule has 0 nitrogen and oxygen atoms in total. The molecule has 0 radical (unpaired) electrons. The van der Waals surface area contributed by atoms with Gasteiger partial charge in [0.15, 0.2) is 0 Å². The van der Waals surface area contributed by atoms with Crippen molar-refractivity contribution in [2.75, 3.05) is 0 Å². The van der Waals surface area contributed by atoms with E-state index >= 15 is 0 Å². The Morgan fingerprint density at radius 3 is 0.971 bits per heavy atom. The SMILES string of the molecule is CC(C)CC1c2ccc(s2)/C=C\c2ccc(s2)C(CC(C)C)c2ccc(s2)/C=C\c2ccc1s2. The molecule has 0 saturated heterocycles. The van der Waals surface area contributed by atoms with Crippen molar-refractivity contribution >= 4 is 69.7 Å². The number of rotatable bonds is 4. The summed E-state index contributed by atoms with van der Waals surface area (Å²) in [5, 5.41) is 0. The molecule has 0 N–H and O–H groups in total. The lowest BCUT2D eigenvalue weighted by Crippen LogP contribution is -2.01. The van der Waals surface area contributed by atoms with Gasteiger partial charge < -0.3 is 0 Å². The van der Waals surface area contributed by atoms with Crippen LogP contribution in [0, 0.1) is 11.8 Å². The zero-order valence-electron chi connectivity index (χ0n) is 20.3. The van der Waals surface area contributed by atoms with Crippen LogP contribution in [-0.4, -0.2) is 0 Å². The normalized spacial score (nSPS) is 19.8. The second kappa shape index (κ2) is 10.5. The third-order valence-corrected chi connectivity index (χ3v) is 10.9. The van der Waals surface area contributed by atoms with Crippen molar-refractivity contribution in [2.24, 2.45) is 11.8 Å². The first-order chi connectivity index (χ1) is 16.4. The molecular formula is C30H32S4. The molecule has 34 heavy (non-hydrogen) atoms. The molecule has 4 aromatic rings. The number of fused-ring (bicyclic) bond motifs is 8. The highest BCUT2D eigenvalue weighted by atomic mass is 32.1. The van der Waals surface area contributed by atoms with Gasteiger partial charge in [-0.05, 0) is 97.5 Å². The van der Waals surface area contributed by atoms with Gasteiger partial charge in [0.2, 0.25) is 0 Å². The fourth-order valence-electron chi connectivity index (χ4n) is 4.60. The van der Waals surface area contributed by atoms with Gasteiger partial charge in [0.05, 0.1) is 0 Å². The molecular weight excluding hydrogens is 489 g/mol. The fourth-order valence-corrected chi connectivity index (χ4v) is 8.93. The molecule has 0 spiro atoms. The fraction of sp³-hybridized carbons (Fsp3) is 0.333. The minimum Gasteiger partial charge on any atom is -0.140 e. The summed E-state index contributed by atoms with van der Waals surface area (Å²) >= 11 is 7.81. The van der Waals surface area contributed by atoms with Gasteiger partial charge in [-0.25, -0.2) is 0 Å². The third kappa shape index (κ3) is 5.57. The lowest BCUT2D eigenvalue weighted by atomic mass is 9.94. The summed E-state index contributed by atoms with van der Waals surface area (Å²) < 4.78 is 0. The maximum absolute atomic E-state index is 2.35. The van der Waals surface area contributed by atoms with Crippen molar-refractivity contribution in [1.29, 1.82) is 0 Å². The van der Waals surface area contributed by atoms with Crippen molar-refractivity contribution in [3.63, 3.8) is 0 Å². The first-order valence-corrected chi connectivity index (χ1v) is 15.5. The van der Waals surface area contributed by atoms with Gasteiger partial charge in [-0.2, -0.15) is 0 Å². The molecule has 1 aliphatic rings. The van der Waals surface area contributed by atoms with Gasteiger partial charge in [0.1, 0.15) is 0 Å². The summed E-state index contributed by atoms with van der Waals surface area (Å²) in [5.41, 5.74) is 0. The highest BCUT2D eigenvalue weighted by molar-refractivity contribution is 7.15. The average Bonchev–Trinajstić information content (AvgIpc) is 3.59. The molecule has 0 saturated carbocycles. The first kappa shape index (κ1) is 24.0. The van der Waals surface area contributed by atoms with Crippen LogP contribution in [0.3, 0.4) is 0 Å². The largest absolute Gasteiger partial charge is 0.140 e. The van der Waals surface area contributed by atoms with Crippen LogP contribution in [-0.2, 0) is 0 Å². The van der Waals surface area contributed by atoms with E-state index in [1.54, 1.807) is 0 Å². The van der Waals surface area contributed by atoms with Gasteiger partial charge in [-0.15, -0.1) is 45.3 Å². The van der Waals surface area contributed by atoms with Crippen LogP contribution >= 0.6 is 45.3 Å². The van der Waals surface area contributed by atoms with E-state index < -0.39 is 0 Å². The molecule has 0 aromatic carbocycles. The summed E-state index contributed by atoms with van der Waals surface area (Å²) in [6.07, 6.45) is 11.6. The van der Waals surface area contributed by atoms with Crippen LogP contribution in [0.4, 0.5) is 0 Å². The molecule has 4 aromatic heterocycles. The van der Waals surface area contributed by atoms with Crippen LogP contribution in [0.25, 0.3) is 24.3 Å². The van der Waals surface area contributed by atoms with Crippen molar-refractivity contribution < 1.29 is 0 Å². The lowest BCUT2D eigenvalue weighted by molar-refractivity contribution is 0.550. The molecule has 4 heteroatoms. The maximum Gasteiger partial charge on any atom is 0.0280 e. The molecule has 0 fully saturated rings. The molecule has 5 heterocycles. The van der Waals surface area contributed by atoms with Crippen molar-refractivity contribution in [1.82, 2.24) is 0 Å². The molecule has 8 bridgehead atoms. The van der Waals surface area contributed by atoms with Gasteiger partial charge in [0.25, 0.3) is 0 Å². The predicted octanol–water partition coefficient (Wildman–Crippen LogP) is 10.9. The highest BCUT2D eigenvalue weighted by Gasteiger charge is 2.21. The molecule has 0 atom stereocenters. The van der Waals surface area contributed by atoms with E-state index in [1.807, 2.05) is 45.3 Å². The predicted molar refractivity (Wildman–Crippen MR) is 158 cm³/mol. The minimum absolute atomic E-state index is 0.483. The third-order valence-electron chi connectivity index (χ3n) is 6.20. The monoisotopic (exact) mass is 520 g/mol. The van der Waals surface area contributed by atoms with E-state index in [0.29, 0.717) is 23.7 Å². The van der Waals surface area contributed by atoms with Gasteiger partial charge in [-0.1, -0.05) is 27.7 Å². The highest BCUT2D eigenvalue weighted by Crippen LogP contribution is 2.41. The molecule has 1 aliphatic heterocycles. The zero-order chi connectivity index (χ0) is 23.7. The van der Waals surface area contributed by atoms with E-state index in [-0.39, 0.29) is 0 Å². The van der Waals surface area contributed by atoms with E-state index in [2.05, 4.69) is 101 Å².